The minimum absolute atomic E-state index is 0. The first kappa shape index (κ1) is 30.8. The molecule has 0 aliphatic rings. The first-order valence-corrected chi connectivity index (χ1v) is 13.0. The molecule has 0 aliphatic heterocycles. The van der Waals surface area contributed by atoms with Crippen LogP contribution in [-0.2, 0) is 23.5 Å². The van der Waals surface area contributed by atoms with E-state index in [4.69, 9.17) is 4.74 Å². The van der Waals surface area contributed by atoms with Gasteiger partial charge < -0.3 is 51.2 Å². The van der Waals surface area contributed by atoms with Gasteiger partial charge in [0.1, 0.15) is 5.75 Å². The average Bonchev–Trinajstić information content (AvgIpc) is 3.67. The topological polar surface area (TPSA) is 43.4 Å². The van der Waals surface area contributed by atoms with Crippen molar-refractivity contribution in [3.8, 4) is 5.75 Å². The van der Waals surface area contributed by atoms with Crippen molar-refractivity contribution >= 4 is 17.6 Å². The number of benzene rings is 2. The third kappa shape index (κ3) is 11.3. The van der Waals surface area contributed by atoms with E-state index in [1.165, 1.54) is 31.2 Å². The Kier molecular flexibility index (Phi) is 14.5. The van der Waals surface area contributed by atoms with Crippen molar-refractivity contribution < 1.29 is 31.4 Å². The van der Waals surface area contributed by atoms with E-state index in [0.29, 0.717) is 6.42 Å². The Morgan fingerprint density at radius 2 is 1.45 bits per heavy atom. The molecule has 0 N–H and O–H groups in total. The molecule has 3 nitrogen and oxygen atoms in total. The second kappa shape index (κ2) is 17.9. The van der Waals surface area contributed by atoms with Gasteiger partial charge in [-0.2, -0.15) is 23.8 Å². The van der Waals surface area contributed by atoms with E-state index >= 15 is 0 Å². The maximum Gasteiger partial charge on any atom is 0.162 e. The van der Waals surface area contributed by atoms with Crippen molar-refractivity contribution in [2.45, 2.75) is 44.9 Å². The molecule has 0 saturated heterocycles. The maximum absolute atomic E-state index is 12.0. The van der Waals surface area contributed by atoms with Crippen LogP contribution >= 0.6 is 0 Å². The Morgan fingerprint density at radius 3 is 2.11 bits per heavy atom. The molecule has 4 aromatic rings. The summed E-state index contributed by atoms with van der Waals surface area (Å²) in [5.41, 5.74) is 4.01. The molecular weight excluding hydrogens is 512 g/mol. The molecule has 0 unspecified atom stereocenters. The molecule has 0 heterocycles. The molecule has 0 amide bonds. The second-order valence-corrected chi connectivity index (χ2v) is 8.99. The normalized spacial score (nSPS) is 10.3. The number of unbranched alkanes of at least 4 members (excludes halogenated alkanes) is 4. The number of carbonyl (C=O) groups excluding carboxylic acids is 2. The van der Waals surface area contributed by atoms with Crippen molar-refractivity contribution in [1.29, 1.82) is 0 Å². The number of allylic oxidation sites excluding steroid dienone is 1. The summed E-state index contributed by atoms with van der Waals surface area (Å²) >= 11 is 0. The van der Waals surface area contributed by atoms with Crippen LogP contribution < -0.4 is 4.74 Å². The maximum atomic E-state index is 12.0. The summed E-state index contributed by atoms with van der Waals surface area (Å²) in [5, 5.41) is 0. The molecule has 0 aliphatic carbocycles. The number of ether oxygens (including phenoxy) is 1. The van der Waals surface area contributed by atoms with Gasteiger partial charge in [-0.05, 0) is 30.7 Å². The molecule has 204 valence electrons. The fourth-order valence-corrected chi connectivity index (χ4v) is 4.02. The van der Waals surface area contributed by atoms with Gasteiger partial charge in [0.05, 0.1) is 7.11 Å². The van der Waals surface area contributed by atoms with Crippen LogP contribution in [0.15, 0.2) is 109 Å². The number of ketones is 2. The van der Waals surface area contributed by atoms with Crippen molar-refractivity contribution in [1.82, 2.24) is 0 Å². The SMILES string of the molecule is COc1ccc(C(=O)CCCCCCC[c-]2cccc2)cc1.O=C(C=Cc1ccccc1)[c-]1[cH-][cH-][cH-][cH-]1.[Fe]. The monoisotopic (exact) mass is 548 g/mol. The van der Waals surface area contributed by atoms with Crippen LogP contribution in [0.5, 0.6) is 5.75 Å². The Morgan fingerprint density at radius 1 is 0.816 bits per heavy atom. The van der Waals surface area contributed by atoms with Crippen molar-refractivity contribution in [2.75, 3.05) is 7.11 Å². The summed E-state index contributed by atoms with van der Waals surface area (Å²) in [7, 11) is 1.63. The van der Waals surface area contributed by atoms with Crippen molar-refractivity contribution in [3.63, 3.8) is 0 Å². The minimum Gasteiger partial charge on any atom is -0.645 e. The van der Waals surface area contributed by atoms with Gasteiger partial charge >= 0.3 is 0 Å². The predicted molar refractivity (Wildman–Crippen MR) is 153 cm³/mol. The van der Waals surface area contributed by atoms with Gasteiger partial charge in [0.25, 0.3) is 0 Å². The van der Waals surface area contributed by atoms with Crippen LogP contribution in [0.3, 0.4) is 0 Å². The summed E-state index contributed by atoms with van der Waals surface area (Å²) in [6, 6.07) is 33.1. The van der Waals surface area contributed by atoms with E-state index in [2.05, 4.69) is 24.3 Å². The molecule has 0 aromatic heterocycles. The molecule has 4 aromatic carbocycles. The molecule has 38 heavy (non-hydrogen) atoms. The molecule has 4 rings (SSSR count). The Balaban J connectivity index is 0.000000277. The number of hydrogen-bond acceptors (Lipinski definition) is 3. The fourth-order valence-electron chi connectivity index (χ4n) is 4.02. The molecule has 0 radical (unpaired) electrons. The number of aryl methyl sites for hydroxylation is 1. The van der Waals surface area contributed by atoms with E-state index in [-0.39, 0.29) is 28.6 Å². The smallest absolute Gasteiger partial charge is 0.162 e. The summed E-state index contributed by atoms with van der Waals surface area (Å²) in [6.45, 7) is 0. The van der Waals surface area contributed by atoms with E-state index < -0.39 is 0 Å². The molecule has 4 heteroatoms. The number of rotatable bonds is 13. The third-order valence-electron chi connectivity index (χ3n) is 6.19. The number of methoxy groups -OCH3 is 1. The van der Waals surface area contributed by atoms with Crippen LogP contribution in [-0.4, -0.2) is 18.7 Å². The third-order valence-corrected chi connectivity index (χ3v) is 6.19. The van der Waals surface area contributed by atoms with Crippen molar-refractivity contribution in [2.24, 2.45) is 0 Å². The molecule has 0 saturated carbocycles. The number of carbonyl (C=O) groups is 2. The number of hydrogen-bond donors (Lipinski definition) is 0. The summed E-state index contributed by atoms with van der Waals surface area (Å²) in [4.78, 5) is 23.6. The van der Waals surface area contributed by atoms with Crippen LogP contribution in [0.1, 0.15) is 70.4 Å². The van der Waals surface area contributed by atoms with Gasteiger partial charge in [-0.1, -0.05) is 68.0 Å². The second-order valence-electron chi connectivity index (χ2n) is 8.99. The number of Topliss-reactive ketones (excluding diaryl/α,β-unsaturated/α-hetero) is 1. The van der Waals surface area contributed by atoms with Crippen LogP contribution in [0.4, 0.5) is 0 Å². The van der Waals surface area contributed by atoms with Crippen LogP contribution in [0.25, 0.3) is 6.08 Å². The average molecular weight is 549 g/mol. The van der Waals surface area contributed by atoms with Crippen LogP contribution in [0.2, 0.25) is 0 Å². The quantitative estimate of drug-likeness (QED) is 0.0553. The first-order chi connectivity index (χ1) is 18.2. The Hall–Kier alpha value is -3.46. The van der Waals surface area contributed by atoms with Gasteiger partial charge in [-0.15, -0.1) is 0 Å². The van der Waals surface area contributed by atoms with Gasteiger partial charge in [0.15, 0.2) is 5.78 Å². The van der Waals surface area contributed by atoms with E-state index in [1.54, 1.807) is 13.2 Å². The van der Waals surface area contributed by atoms with Crippen molar-refractivity contribution in [3.05, 3.63) is 131 Å². The predicted octanol–water partition coefficient (Wildman–Crippen LogP) is 8.48. The van der Waals surface area contributed by atoms with Gasteiger partial charge in [-0.3, -0.25) is 4.79 Å². The Labute approximate surface area is 237 Å². The largest absolute Gasteiger partial charge is 0.645 e. The van der Waals surface area contributed by atoms with E-state index in [0.717, 1.165) is 35.3 Å². The zero-order valence-electron chi connectivity index (χ0n) is 22.0. The molecule has 0 bridgehead atoms. The van der Waals surface area contributed by atoms with E-state index in [1.807, 2.05) is 84.9 Å². The van der Waals surface area contributed by atoms with Crippen LogP contribution in [0, 0.1) is 0 Å². The summed E-state index contributed by atoms with van der Waals surface area (Å²) in [6.07, 6.45) is 11.1. The minimum atomic E-state index is 0. The van der Waals surface area contributed by atoms with Gasteiger partial charge in [-0.25, -0.2) is 12.1 Å². The first-order valence-electron chi connectivity index (χ1n) is 13.0. The molecule has 0 fully saturated rings. The van der Waals surface area contributed by atoms with Gasteiger partial charge in [0, 0.05) is 29.1 Å². The van der Waals surface area contributed by atoms with Gasteiger partial charge in [0.2, 0.25) is 0 Å². The van der Waals surface area contributed by atoms with E-state index in [9.17, 15) is 9.59 Å². The fraction of sp³-hybridized carbons (Fsp3) is 0.235. The molecule has 0 spiro atoms. The standard InChI is InChI=1S/C20H25O2.C14H11O.Fe/c1-22-19-15-13-18(14-16-19)20(21)12-6-4-2-3-5-9-17-10-7-8-11-17;15-14(13-8-4-5-9-13)11-10-12-6-2-1-3-7-12;/h7-8,10-11,13-16H,2-6,9,12H2,1H3;1-11H;/q-1;-5;. The Bertz CT molecular complexity index is 1190. The summed E-state index contributed by atoms with van der Waals surface area (Å²) in [5.74, 6) is 1.07. The zero-order valence-corrected chi connectivity index (χ0v) is 23.1. The molecular formula is C34H36FeO3-6. The molecule has 0 atom stereocenters. The zero-order chi connectivity index (χ0) is 26.1. The summed E-state index contributed by atoms with van der Waals surface area (Å²) < 4.78 is 5.10.